The fourth-order valence-electron chi connectivity index (χ4n) is 1.58. The second kappa shape index (κ2) is 8.90. The zero-order chi connectivity index (χ0) is 10.2. The van der Waals surface area contributed by atoms with Crippen LogP contribution in [0.25, 0.3) is 0 Å². The molecule has 15 heavy (non-hydrogen) atoms. The molecule has 0 bridgehead atoms. The predicted octanol–water partition coefficient (Wildman–Crippen LogP) is 0.257. The highest BCUT2D eigenvalue weighted by Crippen LogP contribution is 2.02. The molecule has 0 aliphatic rings. The SMILES string of the molecule is CCCCCCC[n+]1ccc(C)cc1.[Br-]. The van der Waals surface area contributed by atoms with E-state index in [9.17, 15) is 0 Å². The third kappa shape index (κ3) is 6.67. The molecule has 0 atom stereocenters. The Kier molecular flexibility index (Phi) is 8.68. The molecule has 0 amide bonds. The molecule has 0 aromatic carbocycles. The summed E-state index contributed by atoms with van der Waals surface area (Å²) >= 11 is 0. The second-order valence-corrected chi connectivity index (χ2v) is 4.03. The van der Waals surface area contributed by atoms with Crippen LogP contribution in [-0.2, 0) is 6.54 Å². The molecule has 1 aromatic heterocycles. The number of unbranched alkanes of at least 4 members (excludes halogenated alkanes) is 4. The van der Waals surface area contributed by atoms with Crippen molar-refractivity contribution in [3.05, 3.63) is 30.1 Å². The summed E-state index contributed by atoms with van der Waals surface area (Å²) in [5, 5.41) is 0. The van der Waals surface area contributed by atoms with E-state index in [-0.39, 0.29) is 17.0 Å². The van der Waals surface area contributed by atoms with E-state index in [4.69, 9.17) is 0 Å². The summed E-state index contributed by atoms with van der Waals surface area (Å²) in [6, 6.07) is 4.35. The van der Waals surface area contributed by atoms with Gasteiger partial charge < -0.3 is 17.0 Å². The Morgan fingerprint density at radius 1 is 1.00 bits per heavy atom. The Bertz CT molecular complexity index is 243. The summed E-state index contributed by atoms with van der Waals surface area (Å²) in [5.74, 6) is 0. The number of hydrogen-bond acceptors (Lipinski definition) is 0. The maximum absolute atomic E-state index is 2.28. The number of pyridine rings is 1. The molecule has 0 aliphatic heterocycles. The van der Waals surface area contributed by atoms with Gasteiger partial charge in [-0.2, -0.15) is 0 Å². The van der Waals surface area contributed by atoms with Gasteiger partial charge in [-0.15, -0.1) is 0 Å². The van der Waals surface area contributed by atoms with E-state index in [0.717, 1.165) is 0 Å². The monoisotopic (exact) mass is 271 g/mol. The fraction of sp³-hybridized carbons (Fsp3) is 0.615. The fourth-order valence-corrected chi connectivity index (χ4v) is 1.58. The van der Waals surface area contributed by atoms with Crippen LogP contribution in [0.2, 0.25) is 0 Å². The summed E-state index contributed by atoms with van der Waals surface area (Å²) in [7, 11) is 0. The van der Waals surface area contributed by atoms with E-state index in [1.165, 1.54) is 44.2 Å². The van der Waals surface area contributed by atoms with Crippen molar-refractivity contribution in [2.24, 2.45) is 0 Å². The van der Waals surface area contributed by atoms with E-state index in [1.807, 2.05) is 0 Å². The predicted molar refractivity (Wildman–Crippen MR) is 60.1 cm³/mol. The molecule has 0 fully saturated rings. The molecule has 1 heterocycles. The summed E-state index contributed by atoms with van der Waals surface area (Å²) < 4.78 is 2.28. The molecule has 0 saturated heterocycles. The molecule has 1 nitrogen and oxygen atoms in total. The number of nitrogens with zero attached hydrogens (tertiary/aromatic N) is 1. The lowest BCUT2D eigenvalue weighted by atomic mass is 10.1. The van der Waals surface area contributed by atoms with Gasteiger partial charge in [0.15, 0.2) is 12.4 Å². The molecule has 2 heteroatoms. The largest absolute Gasteiger partial charge is 1.00 e. The average Bonchev–Trinajstić information content (AvgIpc) is 2.21. The van der Waals surface area contributed by atoms with Crippen molar-refractivity contribution >= 4 is 0 Å². The minimum atomic E-state index is 0. The quantitative estimate of drug-likeness (QED) is 0.516. The van der Waals surface area contributed by atoms with Gasteiger partial charge in [0, 0.05) is 18.6 Å². The molecule has 0 N–H and O–H groups in total. The first-order valence-corrected chi connectivity index (χ1v) is 5.78. The Morgan fingerprint density at radius 3 is 2.20 bits per heavy atom. The van der Waals surface area contributed by atoms with Gasteiger partial charge in [-0.25, -0.2) is 4.57 Å². The molecule has 1 aromatic rings. The molecule has 0 unspecified atom stereocenters. The van der Waals surface area contributed by atoms with Crippen LogP contribution in [0.3, 0.4) is 0 Å². The summed E-state index contributed by atoms with van der Waals surface area (Å²) in [5.41, 5.74) is 1.34. The van der Waals surface area contributed by atoms with Crippen molar-refractivity contribution in [2.45, 2.75) is 52.5 Å². The van der Waals surface area contributed by atoms with E-state index in [0.29, 0.717) is 0 Å². The van der Waals surface area contributed by atoms with Crippen molar-refractivity contribution in [3.63, 3.8) is 0 Å². The third-order valence-corrected chi connectivity index (χ3v) is 2.58. The van der Waals surface area contributed by atoms with Crippen LogP contribution in [0.15, 0.2) is 24.5 Å². The zero-order valence-electron chi connectivity index (χ0n) is 9.88. The van der Waals surface area contributed by atoms with Crippen LogP contribution in [0.4, 0.5) is 0 Å². The highest BCUT2D eigenvalue weighted by Gasteiger charge is 1.98. The Hall–Kier alpha value is -0.370. The van der Waals surface area contributed by atoms with Crippen LogP contribution >= 0.6 is 0 Å². The van der Waals surface area contributed by atoms with Gasteiger partial charge in [0.1, 0.15) is 6.54 Å². The van der Waals surface area contributed by atoms with Gasteiger partial charge in [0.25, 0.3) is 0 Å². The first-order chi connectivity index (χ1) is 6.83. The standard InChI is InChI=1S/C13H22N.BrH/c1-3-4-5-6-7-10-14-11-8-13(2)9-12-14;/h8-9,11-12H,3-7,10H2,1-2H3;1H/q+1;/p-1. The molecule has 1 rings (SSSR count). The normalized spacial score (nSPS) is 9.73. The van der Waals surface area contributed by atoms with E-state index in [1.54, 1.807) is 0 Å². The van der Waals surface area contributed by atoms with E-state index in [2.05, 4.69) is 42.9 Å². The molecular weight excluding hydrogens is 250 g/mol. The van der Waals surface area contributed by atoms with Gasteiger partial charge in [-0.1, -0.05) is 26.2 Å². The Labute approximate surface area is 104 Å². The summed E-state index contributed by atoms with van der Waals surface area (Å²) in [6.07, 6.45) is 11.1. The Balaban J connectivity index is 0.00000196. The van der Waals surface area contributed by atoms with Gasteiger partial charge in [-0.3, -0.25) is 0 Å². The summed E-state index contributed by atoms with van der Waals surface area (Å²) in [6.45, 7) is 5.56. The van der Waals surface area contributed by atoms with E-state index >= 15 is 0 Å². The van der Waals surface area contributed by atoms with Crippen molar-refractivity contribution in [2.75, 3.05) is 0 Å². The van der Waals surface area contributed by atoms with Gasteiger partial charge in [0.2, 0.25) is 0 Å². The topological polar surface area (TPSA) is 3.88 Å². The van der Waals surface area contributed by atoms with Crippen molar-refractivity contribution < 1.29 is 21.5 Å². The minimum Gasteiger partial charge on any atom is -1.00 e. The van der Waals surface area contributed by atoms with Crippen molar-refractivity contribution in [1.29, 1.82) is 0 Å². The number of rotatable bonds is 6. The first kappa shape index (κ1) is 14.6. The molecule has 0 saturated carbocycles. The molecule has 0 aliphatic carbocycles. The first-order valence-electron chi connectivity index (χ1n) is 5.78. The number of aromatic nitrogens is 1. The van der Waals surface area contributed by atoms with Crippen LogP contribution < -0.4 is 21.5 Å². The highest BCUT2D eigenvalue weighted by atomic mass is 79.9. The molecule has 0 radical (unpaired) electrons. The van der Waals surface area contributed by atoms with E-state index < -0.39 is 0 Å². The molecule has 0 spiro atoms. The lowest BCUT2D eigenvalue weighted by Crippen LogP contribution is -3.00. The van der Waals surface area contributed by atoms with Gasteiger partial charge >= 0.3 is 0 Å². The maximum atomic E-state index is 2.28. The third-order valence-electron chi connectivity index (χ3n) is 2.58. The maximum Gasteiger partial charge on any atom is 0.169 e. The highest BCUT2D eigenvalue weighted by molar-refractivity contribution is 5.03. The molecular formula is C13H22BrN. The number of aryl methyl sites for hydroxylation is 2. The second-order valence-electron chi connectivity index (χ2n) is 4.03. The smallest absolute Gasteiger partial charge is 0.169 e. The van der Waals surface area contributed by atoms with Gasteiger partial charge in [0.05, 0.1) is 0 Å². The van der Waals surface area contributed by atoms with Gasteiger partial charge in [-0.05, 0) is 18.9 Å². The van der Waals surface area contributed by atoms with Crippen LogP contribution in [0.1, 0.15) is 44.6 Å². The zero-order valence-corrected chi connectivity index (χ0v) is 11.5. The molecule has 86 valence electrons. The average molecular weight is 272 g/mol. The van der Waals surface area contributed by atoms with Crippen LogP contribution in [0.5, 0.6) is 0 Å². The number of hydrogen-bond donors (Lipinski definition) is 0. The lowest BCUT2D eigenvalue weighted by molar-refractivity contribution is -0.697. The van der Waals surface area contributed by atoms with Crippen LogP contribution in [-0.4, -0.2) is 0 Å². The summed E-state index contributed by atoms with van der Waals surface area (Å²) in [4.78, 5) is 0. The van der Waals surface area contributed by atoms with Crippen LogP contribution in [0, 0.1) is 6.92 Å². The Morgan fingerprint density at radius 2 is 1.60 bits per heavy atom. The number of halogens is 1. The minimum absolute atomic E-state index is 0. The van der Waals surface area contributed by atoms with Crippen molar-refractivity contribution in [3.8, 4) is 0 Å². The lowest BCUT2D eigenvalue weighted by Gasteiger charge is -1.98. The van der Waals surface area contributed by atoms with Crippen molar-refractivity contribution in [1.82, 2.24) is 0 Å².